The van der Waals surface area contributed by atoms with Crippen LogP contribution in [0.3, 0.4) is 0 Å². The zero-order chi connectivity index (χ0) is 18.6. The normalized spacial score (nSPS) is 18.6. The summed E-state index contributed by atoms with van der Waals surface area (Å²) >= 11 is 0. The van der Waals surface area contributed by atoms with Crippen LogP contribution < -0.4 is 0 Å². The van der Waals surface area contributed by atoms with E-state index in [1.54, 1.807) is 25.1 Å². The molecule has 0 radical (unpaired) electrons. The predicted octanol–water partition coefficient (Wildman–Crippen LogP) is 3.43. The van der Waals surface area contributed by atoms with Crippen molar-refractivity contribution in [1.29, 1.82) is 0 Å². The van der Waals surface area contributed by atoms with Crippen molar-refractivity contribution >= 4 is 15.9 Å². The molecule has 1 saturated heterocycles. The molecule has 0 spiro atoms. The molecule has 6 heteroatoms. The van der Waals surface area contributed by atoms with Gasteiger partial charge in [-0.1, -0.05) is 26.8 Å². The number of aryl methyl sites for hydroxylation is 1. The Hall–Kier alpha value is -1.40. The quantitative estimate of drug-likeness (QED) is 0.775. The summed E-state index contributed by atoms with van der Waals surface area (Å²) in [4.78, 5) is 15.1. The molecule has 0 aromatic heterocycles. The average Bonchev–Trinajstić information content (AvgIpc) is 2.62. The van der Waals surface area contributed by atoms with Gasteiger partial charge in [0.1, 0.15) is 0 Å². The lowest BCUT2D eigenvalue weighted by Gasteiger charge is -2.35. The van der Waals surface area contributed by atoms with E-state index >= 15 is 0 Å². The Morgan fingerprint density at radius 2 is 1.88 bits per heavy atom. The molecule has 0 saturated carbocycles. The third-order valence-corrected chi connectivity index (χ3v) is 7.31. The number of carbonyl (C=O) groups is 1. The second-order valence-electron chi connectivity index (χ2n) is 6.63. The van der Waals surface area contributed by atoms with Gasteiger partial charge in [0.2, 0.25) is 10.0 Å². The molecular formula is C19H30N2O3S. The SMILES string of the molecule is CCC1CCCCN1C(=O)c1ccc(C)c(S(=O)(=O)N(CC)CC)c1. The van der Waals surface area contributed by atoms with Crippen LogP contribution in [0.2, 0.25) is 0 Å². The zero-order valence-corrected chi connectivity index (χ0v) is 16.6. The maximum absolute atomic E-state index is 13.0. The molecule has 1 aromatic carbocycles. The number of amides is 1. The number of likely N-dealkylation sites (tertiary alicyclic amines) is 1. The molecular weight excluding hydrogens is 336 g/mol. The van der Waals surface area contributed by atoms with Gasteiger partial charge in [0.25, 0.3) is 5.91 Å². The number of carbonyl (C=O) groups excluding carboxylic acids is 1. The maximum atomic E-state index is 13.0. The highest BCUT2D eigenvalue weighted by Crippen LogP contribution is 2.25. The van der Waals surface area contributed by atoms with Crippen LogP contribution in [0.4, 0.5) is 0 Å². The summed E-state index contributed by atoms with van der Waals surface area (Å²) in [5.74, 6) is -0.0532. The Balaban J connectivity index is 2.40. The van der Waals surface area contributed by atoms with Crippen LogP contribution in [0.1, 0.15) is 62.4 Å². The molecule has 1 heterocycles. The summed E-state index contributed by atoms with van der Waals surface area (Å²) in [6.45, 7) is 9.11. The Morgan fingerprint density at radius 1 is 1.20 bits per heavy atom. The number of hydrogen-bond donors (Lipinski definition) is 0. The van der Waals surface area contributed by atoms with Crippen LogP contribution in [0.25, 0.3) is 0 Å². The lowest BCUT2D eigenvalue weighted by atomic mass is 9.98. The molecule has 1 aliphatic rings. The van der Waals surface area contributed by atoms with Gasteiger partial charge in [-0.3, -0.25) is 4.79 Å². The Kier molecular flexibility index (Phi) is 6.63. The van der Waals surface area contributed by atoms with Crippen molar-refractivity contribution in [2.24, 2.45) is 0 Å². The number of benzene rings is 1. The summed E-state index contributed by atoms with van der Waals surface area (Å²) in [6.07, 6.45) is 4.12. The Labute approximate surface area is 152 Å². The Morgan fingerprint density at radius 3 is 2.48 bits per heavy atom. The number of hydrogen-bond acceptors (Lipinski definition) is 3. The summed E-state index contributed by atoms with van der Waals surface area (Å²) < 4.78 is 27.2. The highest BCUT2D eigenvalue weighted by Gasteiger charge is 2.29. The first-order valence-corrected chi connectivity index (χ1v) is 10.7. The first kappa shape index (κ1) is 19.9. The van der Waals surface area contributed by atoms with E-state index in [2.05, 4.69) is 6.92 Å². The maximum Gasteiger partial charge on any atom is 0.254 e. The molecule has 1 atom stereocenters. The number of nitrogens with zero attached hydrogens (tertiary/aromatic N) is 2. The smallest absolute Gasteiger partial charge is 0.254 e. The van der Waals surface area contributed by atoms with E-state index in [1.165, 1.54) is 4.31 Å². The monoisotopic (exact) mass is 366 g/mol. The fourth-order valence-corrected chi connectivity index (χ4v) is 5.28. The van der Waals surface area contributed by atoms with Crippen LogP contribution in [0, 0.1) is 6.92 Å². The molecule has 25 heavy (non-hydrogen) atoms. The van der Waals surface area contributed by atoms with Crippen molar-refractivity contribution in [3.8, 4) is 0 Å². The highest BCUT2D eigenvalue weighted by atomic mass is 32.2. The predicted molar refractivity (Wildman–Crippen MR) is 100 cm³/mol. The molecule has 5 nitrogen and oxygen atoms in total. The van der Waals surface area contributed by atoms with E-state index in [0.29, 0.717) is 24.2 Å². The standard InChI is InChI=1S/C19H30N2O3S/c1-5-17-10-8-9-13-21(17)19(22)16-12-11-15(4)18(14-16)25(23,24)20(6-2)7-3/h11-12,14,17H,5-10,13H2,1-4H3. The van der Waals surface area contributed by atoms with Gasteiger partial charge < -0.3 is 4.90 Å². The van der Waals surface area contributed by atoms with Gasteiger partial charge in [0.15, 0.2) is 0 Å². The molecule has 1 aliphatic heterocycles. The summed E-state index contributed by atoms with van der Waals surface area (Å²) in [5.41, 5.74) is 1.14. The molecule has 140 valence electrons. The second-order valence-corrected chi connectivity index (χ2v) is 8.53. The van der Waals surface area contributed by atoms with E-state index in [0.717, 1.165) is 32.2 Å². The van der Waals surface area contributed by atoms with Crippen LogP contribution in [0.5, 0.6) is 0 Å². The lowest BCUT2D eigenvalue weighted by molar-refractivity contribution is 0.0608. The molecule has 0 N–H and O–H groups in total. The topological polar surface area (TPSA) is 57.7 Å². The van der Waals surface area contributed by atoms with Crippen LogP contribution in [0.15, 0.2) is 23.1 Å². The minimum atomic E-state index is -3.58. The van der Waals surface area contributed by atoms with Gasteiger partial charge >= 0.3 is 0 Å². The average molecular weight is 367 g/mol. The number of piperidine rings is 1. The van der Waals surface area contributed by atoms with Gasteiger partial charge in [-0.25, -0.2) is 8.42 Å². The third-order valence-electron chi connectivity index (χ3n) is 5.12. The van der Waals surface area contributed by atoms with E-state index < -0.39 is 10.0 Å². The summed E-state index contributed by atoms with van der Waals surface area (Å²) in [5, 5.41) is 0. The third kappa shape index (κ3) is 4.06. The van der Waals surface area contributed by atoms with E-state index in [4.69, 9.17) is 0 Å². The van der Waals surface area contributed by atoms with Crippen molar-refractivity contribution in [2.45, 2.75) is 64.3 Å². The van der Waals surface area contributed by atoms with Crippen molar-refractivity contribution in [3.05, 3.63) is 29.3 Å². The fraction of sp³-hybridized carbons (Fsp3) is 0.632. The molecule has 1 fully saturated rings. The van der Waals surface area contributed by atoms with Gasteiger partial charge in [-0.2, -0.15) is 4.31 Å². The summed E-state index contributed by atoms with van der Waals surface area (Å²) in [6, 6.07) is 5.31. The van der Waals surface area contributed by atoms with Crippen LogP contribution >= 0.6 is 0 Å². The molecule has 0 aliphatic carbocycles. The van der Waals surface area contributed by atoms with Crippen LogP contribution in [-0.4, -0.2) is 49.2 Å². The lowest BCUT2D eigenvalue weighted by Crippen LogP contribution is -2.43. The van der Waals surface area contributed by atoms with E-state index in [1.807, 2.05) is 18.7 Å². The fourth-order valence-electron chi connectivity index (χ4n) is 3.57. The van der Waals surface area contributed by atoms with Gasteiger partial charge in [0, 0.05) is 31.2 Å². The molecule has 2 rings (SSSR count). The second kappa shape index (κ2) is 8.32. The first-order chi connectivity index (χ1) is 11.9. The van der Waals surface area contributed by atoms with Gasteiger partial charge in [-0.05, 0) is 50.3 Å². The Bertz CT molecular complexity index is 711. The van der Waals surface area contributed by atoms with E-state index in [-0.39, 0.29) is 16.8 Å². The minimum absolute atomic E-state index is 0.0532. The molecule has 1 amide bonds. The van der Waals surface area contributed by atoms with Crippen molar-refractivity contribution < 1.29 is 13.2 Å². The van der Waals surface area contributed by atoms with Crippen molar-refractivity contribution in [3.63, 3.8) is 0 Å². The van der Waals surface area contributed by atoms with Crippen molar-refractivity contribution in [1.82, 2.24) is 9.21 Å². The van der Waals surface area contributed by atoms with Crippen LogP contribution in [-0.2, 0) is 10.0 Å². The summed E-state index contributed by atoms with van der Waals surface area (Å²) in [7, 11) is -3.58. The number of sulfonamides is 1. The minimum Gasteiger partial charge on any atom is -0.336 e. The van der Waals surface area contributed by atoms with Gasteiger partial charge in [0.05, 0.1) is 4.90 Å². The zero-order valence-electron chi connectivity index (χ0n) is 15.8. The molecule has 1 unspecified atom stereocenters. The van der Waals surface area contributed by atoms with Gasteiger partial charge in [-0.15, -0.1) is 0 Å². The highest BCUT2D eigenvalue weighted by molar-refractivity contribution is 7.89. The van der Waals surface area contributed by atoms with Crippen molar-refractivity contribution in [2.75, 3.05) is 19.6 Å². The molecule has 1 aromatic rings. The first-order valence-electron chi connectivity index (χ1n) is 9.28. The number of rotatable bonds is 6. The largest absolute Gasteiger partial charge is 0.336 e. The van der Waals surface area contributed by atoms with E-state index in [9.17, 15) is 13.2 Å². The molecule has 0 bridgehead atoms.